The molecule has 0 fully saturated rings. The van der Waals surface area contributed by atoms with Gasteiger partial charge in [0.15, 0.2) is 0 Å². The second-order valence-electron chi connectivity index (χ2n) is 3.10. The lowest BCUT2D eigenvalue weighted by atomic mass is 10.3. The van der Waals surface area contributed by atoms with E-state index in [1.54, 1.807) is 0 Å². The molecule has 1 atom stereocenters. The van der Waals surface area contributed by atoms with Gasteiger partial charge in [-0.1, -0.05) is 13.8 Å². The topological polar surface area (TPSA) is 61.5 Å². The van der Waals surface area contributed by atoms with E-state index in [1.165, 1.54) is 0 Å². The van der Waals surface area contributed by atoms with Crippen LogP contribution in [0.5, 0.6) is 0 Å². The van der Waals surface area contributed by atoms with E-state index in [0.717, 1.165) is 26.2 Å². The molecular formula is C9H23N3O. The number of aliphatic hydroxyl groups excluding tert-OH is 1. The molecule has 0 aliphatic carbocycles. The maximum Gasteiger partial charge on any atom is 0.0597 e. The van der Waals surface area contributed by atoms with Crippen molar-refractivity contribution in [2.45, 2.75) is 19.9 Å². The predicted molar refractivity (Wildman–Crippen MR) is 55.7 cm³/mol. The van der Waals surface area contributed by atoms with Crippen molar-refractivity contribution in [3.63, 3.8) is 0 Å². The van der Waals surface area contributed by atoms with Gasteiger partial charge in [0.25, 0.3) is 0 Å². The molecule has 4 heteroatoms. The van der Waals surface area contributed by atoms with E-state index >= 15 is 0 Å². The molecule has 0 aromatic carbocycles. The van der Waals surface area contributed by atoms with E-state index in [4.69, 9.17) is 10.8 Å². The number of hydrogen-bond acceptors (Lipinski definition) is 4. The van der Waals surface area contributed by atoms with E-state index in [9.17, 15) is 0 Å². The molecule has 1 unspecified atom stereocenters. The average Bonchev–Trinajstić information content (AvgIpc) is 2.19. The van der Waals surface area contributed by atoms with Crippen LogP contribution in [0.1, 0.15) is 13.8 Å². The number of aliphatic hydroxyl groups is 1. The standard InChI is InChI=1S/C9H23N3O/c1-3-12(4-2)6-5-11-9(7-10)8-13/h9,11,13H,3-8,10H2,1-2H3. The number of rotatable bonds is 8. The lowest BCUT2D eigenvalue weighted by Gasteiger charge is -2.20. The first-order chi connectivity index (χ1) is 6.28. The smallest absolute Gasteiger partial charge is 0.0597 e. The Kier molecular flexibility index (Phi) is 8.33. The van der Waals surface area contributed by atoms with Gasteiger partial charge >= 0.3 is 0 Å². The minimum absolute atomic E-state index is 0.0514. The minimum Gasteiger partial charge on any atom is -0.395 e. The van der Waals surface area contributed by atoms with Crippen molar-refractivity contribution >= 4 is 0 Å². The summed E-state index contributed by atoms with van der Waals surface area (Å²) in [4.78, 5) is 2.33. The molecule has 0 heterocycles. The van der Waals surface area contributed by atoms with Crippen molar-refractivity contribution in [1.29, 1.82) is 0 Å². The highest BCUT2D eigenvalue weighted by atomic mass is 16.3. The highest BCUT2D eigenvalue weighted by molar-refractivity contribution is 4.66. The lowest BCUT2D eigenvalue weighted by molar-refractivity contribution is 0.234. The molecule has 4 nitrogen and oxygen atoms in total. The normalized spacial score (nSPS) is 13.6. The third-order valence-corrected chi connectivity index (χ3v) is 2.26. The maximum atomic E-state index is 8.85. The van der Waals surface area contributed by atoms with E-state index in [0.29, 0.717) is 6.54 Å². The highest BCUT2D eigenvalue weighted by Gasteiger charge is 2.03. The zero-order valence-corrected chi connectivity index (χ0v) is 8.79. The number of nitrogens with one attached hydrogen (secondary N) is 1. The van der Waals surface area contributed by atoms with Gasteiger partial charge in [0.1, 0.15) is 0 Å². The predicted octanol–water partition coefficient (Wildman–Crippen LogP) is -0.763. The molecule has 0 aromatic rings. The summed E-state index contributed by atoms with van der Waals surface area (Å²) in [7, 11) is 0. The third kappa shape index (κ3) is 5.99. The second kappa shape index (κ2) is 8.44. The van der Waals surface area contributed by atoms with Gasteiger partial charge in [-0.3, -0.25) is 0 Å². The minimum atomic E-state index is 0.0514. The van der Waals surface area contributed by atoms with Crippen molar-refractivity contribution in [3.05, 3.63) is 0 Å². The molecule has 0 spiro atoms. The first-order valence-electron chi connectivity index (χ1n) is 5.05. The summed E-state index contributed by atoms with van der Waals surface area (Å²) in [6.07, 6.45) is 0. The van der Waals surface area contributed by atoms with Gasteiger partial charge in [-0.2, -0.15) is 0 Å². The van der Waals surface area contributed by atoms with E-state index in [2.05, 4.69) is 24.1 Å². The maximum absolute atomic E-state index is 8.85. The Bertz CT molecular complexity index is 91.0. The molecule has 0 aliphatic heterocycles. The fourth-order valence-electron chi connectivity index (χ4n) is 1.19. The monoisotopic (exact) mass is 189 g/mol. The molecule has 80 valence electrons. The van der Waals surface area contributed by atoms with Gasteiger partial charge in [0, 0.05) is 25.7 Å². The second-order valence-corrected chi connectivity index (χ2v) is 3.10. The summed E-state index contributed by atoms with van der Waals surface area (Å²) in [5.74, 6) is 0. The van der Waals surface area contributed by atoms with Gasteiger partial charge in [-0.05, 0) is 13.1 Å². The fraction of sp³-hybridized carbons (Fsp3) is 1.00. The van der Waals surface area contributed by atoms with Crippen LogP contribution in [0.25, 0.3) is 0 Å². The number of nitrogens with zero attached hydrogens (tertiary/aromatic N) is 1. The summed E-state index contributed by atoms with van der Waals surface area (Å²) >= 11 is 0. The van der Waals surface area contributed by atoms with Crippen molar-refractivity contribution in [1.82, 2.24) is 10.2 Å². The van der Waals surface area contributed by atoms with E-state index in [-0.39, 0.29) is 12.6 Å². The van der Waals surface area contributed by atoms with Crippen LogP contribution in [0.4, 0.5) is 0 Å². The van der Waals surface area contributed by atoms with Gasteiger partial charge in [-0.15, -0.1) is 0 Å². The van der Waals surface area contributed by atoms with Crippen molar-refractivity contribution in [2.24, 2.45) is 5.73 Å². The summed E-state index contributed by atoms with van der Waals surface area (Å²) in [6.45, 7) is 8.97. The van der Waals surface area contributed by atoms with Crippen molar-refractivity contribution < 1.29 is 5.11 Å². The Balaban J connectivity index is 3.41. The van der Waals surface area contributed by atoms with Crippen LogP contribution >= 0.6 is 0 Å². The molecular weight excluding hydrogens is 166 g/mol. The number of hydrogen-bond donors (Lipinski definition) is 3. The Morgan fingerprint density at radius 1 is 1.38 bits per heavy atom. The summed E-state index contributed by atoms with van der Waals surface area (Å²) in [6, 6.07) is 0.0514. The Hall–Kier alpha value is -0.160. The Morgan fingerprint density at radius 3 is 2.38 bits per heavy atom. The SMILES string of the molecule is CCN(CC)CCNC(CN)CO. The molecule has 0 aromatic heterocycles. The Labute approximate surface area is 81.1 Å². The van der Waals surface area contributed by atoms with Crippen LogP contribution in [0.3, 0.4) is 0 Å². The van der Waals surface area contributed by atoms with Crippen molar-refractivity contribution in [3.8, 4) is 0 Å². The van der Waals surface area contributed by atoms with Gasteiger partial charge < -0.3 is 21.1 Å². The number of likely N-dealkylation sites (N-methyl/N-ethyl adjacent to an activating group) is 1. The fourth-order valence-corrected chi connectivity index (χ4v) is 1.19. The molecule has 0 radical (unpaired) electrons. The van der Waals surface area contributed by atoms with Gasteiger partial charge in [-0.25, -0.2) is 0 Å². The molecule has 0 rings (SSSR count). The number of nitrogens with two attached hydrogens (primary N) is 1. The Morgan fingerprint density at radius 2 is 2.00 bits per heavy atom. The van der Waals surface area contributed by atoms with Crippen molar-refractivity contribution in [2.75, 3.05) is 39.3 Å². The first kappa shape index (κ1) is 12.8. The molecule has 0 bridgehead atoms. The van der Waals surface area contributed by atoms with Gasteiger partial charge in [0.05, 0.1) is 6.61 Å². The zero-order chi connectivity index (χ0) is 10.1. The van der Waals surface area contributed by atoms with Crippen LogP contribution < -0.4 is 11.1 Å². The molecule has 13 heavy (non-hydrogen) atoms. The molecule has 0 aliphatic rings. The zero-order valence-electron chi connectivity index (χ0n) is 8.79. The molecule has 0 saturated carbocycles. The highest BCUT2D eigenvalue weighted by Crippen LogP contribution is 1.85. The summed E-state index contributed by atoms with van der Waals surface area (Å²) in [5, 5.41) is 12.1. The average molecular weight is 189 g/mol. The molecule has 4 N–H and O–H groups in total. The van der Waals surface area contributed by atoms with Crippen LogP contribution in [-0.2, 0) is 0 Å². The van der Waals surface area contributed by atoms with Crippen LogP contribution in [-0.4, -0.2) is 55.4 Å². The van der Waals surface area contributed by atoms with Crippen LogP contribution in [0, 0.1) is 0 Å². The van der Waals surface area contributed by atoms with E-state index < -0.39 is 0 Å². The quantitative estimate of drug-likeness (QED) is 0.469. The third-order valence-electron chi connectivity index (χ3n) is 2.26. The molecule has 0 saturated heterocycles. The van der Waals surface area contributed by atoms with Crippen LogP contribution in [0.2, 0.25) is 0 Å². The molecule has 0 amide bonds. The largest absolute Gasteiger partial charge is 0.395 e. The van der Waals surface area contributed by atoms with Crippen LogP contribution in [0.15, 0.2) is 0 Å². The van der Waals surface area contributed by atoms with E-state index in [1.807, 2.05) is 0 Å². The lowest BCUT2D eigenvalue weighted by Crippen LogP contribution is -2.43. The van der Waals surface area contributed by atoms with Gasteiger partial charge in [0.2, 0.25) is 0 Å². The summed E-state index contributed by atoms with van der Waals surface area (Å²) < 4.78 is 0. The first-order valence-corrected chi connectivity index (χ1v) is 5.05. The summed E-state index contributed by atoms with van der Waals surface area (Å²) in [5.41, 5.74) is 5.43.